The van der Waals surface area contributed by atoms with Crippen molar-refractivity contribution in [1.29, 1.82) is 5.26 Å². The molecule has 2 heterocycles. The van der Waals surface area contributed by atoms with Crippen LogP contribution in [0.4, 0.5) is 5.69 Å². The van der Waals surface area contributed by atoms with E-state index in [9.17, 15) is 10.1 Å². The Balaban J connectivity index is 1.39. The molecule has 1 aliphatic carbocycles. The van der Waals surface area contributed by atoms with E-state index in [1.165, 1.54) is 18.4 Å². The van der Waals surface area contributed by atoms with Crippen molar-refractivity contribution in [3.8, 4) is 17.5 Å². The molecule has 0 atom stereocenters. The molecule has 1 saturated carbocycles. The highest BCUT2D eigenvalue weighted by atomic mass is 16.5. The number of aliphatic hydroxyl groups excluding tert-OH is 1. The number of amides is 1. The van der Waals surface area contributed by atoms with Gasteiger partial charge in [-0.3, -0.25) is 4.79 Å². The number of carbonyl (C=O) groups is 1. The highest BCUT2D eigenvalue weighted by Crippen LogP contribution is 2.51. The molecular weight excluding hydrogens is 454 g/mol. The maximum atomic E-state index is 13.7. The van der Waals surface area contributed by atoms with Gasteiger partial charge in [0.1, 0.15) is 17.5 Å². The predicted molar refractivity (Wildman–Crippen MR) is 137 cm³/mol. The minimum atomic E-state index is -0.152. The van der Waals surface area contributed by atoms with Gasteiger partial charge in [0, 0.05) is 24.3 Å². The Hall–Kier alpha value is -3.67. The van der Waals surface area contributed by atoms with Gasteiger partial charge in [0.2, 0.25) is 0 Å². The predicted octanol–water partition coefficient (Wildman–Crippen LogP) is 3.30. The normalized spacial score (nSPS) is 16.1. The number of benzene rings is 2. The Morgan fingerprint density at radius 1 is 1.11 bits per heavy atom. The summed E-state index contributed by atoms with van der Waals surface area (Å²) in [5.74, 6) is 0.558. The number of anilines is 1. The Morgan fingerprint density at radius 2 is 1.81 bits per heavy atom. The summed E-state index contributed by atoms with van der Waals surface area (Å²) in [6, 6.07) is 17.8. The first-order valence-corrected chi connectivity index (χ1v) is 12.4. The highest BCUT2D eigenvalue weighted by Gasteiger charge is 2.43. The molecule has 0 bridgehead atoms. The van der Waals surface area contributed by atoms with Gasteiger partial charge in [0.15, 0.2) is 5.69 Å². The lowest BCUT2D eigenvalue weighted by molar-refractivity contribution is 0.0973. The van der Waals surface area contributed by atoms with Crippen molar-refractivity contribution in [2.45, 2.75) is 31.1 Å². The molecule has 1 aromatic heterocycles. The van der Waals surface area contributed by atoms with Crippen molar-refractivity contribution < 1.29 is 14.6 Å². The second-order valence-corrected chi connectivity index (χ2v) is 9.71. The van der Waals surface area contributed by atoms with Crippen molar-refractivity contribution in [3.63, 3.8) is 0 Å². The van der Waals surface area contributed by atoms with Gasteiger partial charge in [-0.25, -0.2) is 4.68 Å². The fourth-order valence-electron chi connectivity index (χ4n) is 5.12. The van der Waals surface area contributed by atoms with Crippen molar-refractivity contribution in [3.05, 3.63) is 71.0 Å². The number of methoxy groups -OCH3 is 1. The van der Waals surface area contributed by atoms with E-state index in [2.05, 4.69) is 28.2 Å². The third-order valence-electron chi connectivity index (χ3n) is 7.54. The zero-order chi connectivity index (χ0) is 25.3. The molecule has 0 saturated heterocycles. The monoisotopic (exact) mass is 485 g/mol. The zero-order valence-corrected chi connectivity index (χ0v) is 20.8. The molecule has 0 unspecified atom stereocenters. The lowest BCUT2D eigenvalue weighted by atomic mass is 9.91. The summed E-state index contributed by atoms with van der Waals surface area (Å²) >= 11 is 0. The molecular formula is C28H31N5O3. The molecule has 1 aliphatic heterocycles. The molecule has 1 fully saturated rings. The first kappa shape index (κ1) is 24.0. The number of ether oxygens (including phenoxy) is 1. The van der Waals surface area contributed by atoms with Crippen molar-refractivity contribution in [1.82, 2.24) is 14.7 Å². The largest absolute Gasteiger partial charge is 0.497 e. The standard InChI is InChI=1S/C28H31N5O3/c1-31(17-18-34)16-14-28(12-13-28)20-3-5-21(6-4-20)32-15-11-24-25(19-29)30-33(26(24)27(32)35)22-7-9-23(36-2)10-8-22/h3-10,34H,11-18H2,1-2H3. The van der Waals surface area contributed by atoms with E-state index in [1.54, 1.807) is 16.7 Å². The molecule has 8 nitrogen and oxygen atoms in total. The number of rotatable bonds is 9. The number of aromatic nitrogens is 2. The Bertz CT molecular complexity index is 1290. The van der Waals surface area contributed by atoms with Crippen LogP contribution in [0.2, 0.25) is 0 Å². The average Bonchev–Trinajstić information content (AvgIpc) is 3.61. The number of nitrogens with zero attached hydrogens (tertiary/aromatic N) is 5. The van der Waals surface area contributed by atoms with E-state index >= 15 is 0 Å². The summed E-state index contributed by atoms with van der Waals surface area (Å²) in [5.41, 5.74) is 4.52. The summed E-state index contributed by atoms with van der Waals surface area (Å²) in [6.07, 6.45) is 3.97. The van der Waals surface area contributed by atoms with Crippen LogP contribution in [-0.4, -0.2) is 66.1 Å². The minimum Gasteiger partial charge on any atom is -0.497 e. The van der Waals surface area contributed by atoms with E-state index in [4.69, 9.17) is 9.84 Å². The molecule has 36 heavy (non-hydrogen) atoms. The third-order valence-corrected chi connectivity index (χ3v) is 7.54. The number of carbonyl (C=O) groups excluding carboxylic acids is 1. The van der Waals surface area contributed by atoms with Crippen molar-refractivity contribution >= 4 is 11.6 Å². The van der Waals surface area contributed by atoms with E-state index in [-0.39, 0.29) is 17.9 Å². The first-order valence-electron chi connectivity index (χ1n) is 12.4. The minimum absolute atomic E-state index is 0.152. The van der Waals surface area contributed by atoms with Gasteiger partial charge in [-0.1, -0.05) is 12.1 Å². The van der Waals surface area contributed by atoms with E-state index < -0.39 is 0 Å². The van der Waals surface area contributed by atoms with Gasteiger partial charge < -0.3 is 19.6 Å². The molecule has 0 spiro atoms. The summed E-state index contributed by atoms with van der Waals surface area (Å²) in [7, 11) is 3.64. The van der Waals surface area contributed by atoms with Gasteiger partial charge >= 0.3 is 0 Å². The van der Waals surface area contributed by atoms with Crippen molar-refractivity contribution in [2.24, 2.45) is 0 Å². The molecule has 3 aromatic rings. The lowest BCUT2D eigenvalue weighted by Crippen LogP contribution is -2.38. The second-order valence-electron chi connectivity index (χ2n) is 9.71. The van der Waals surface area contributed by atoms with E-state index in [1.807, 2.05) is 43.4 Å². The molecule has 2 aliphatic rings. The number of fused-ring (bicyclic) bond motifs is 1. The maximum Gasteiger partial charge on any atom is 0.277 e. The Labute approximate surface area is 211 Å². The van der Waals surface area contributed by atoms with Crippen LogP contribution in [0.3, 0.4) is 0 Å². The van der Waals surface area contributed by atoms with Crippen LogP contribution in [0, 0.1) is 11.3 Å². The highest BCUT2D eigenvalue weighted by molar-refractivity contribution is 6.07. The number of hydrogen-bond acceptors (Lipinski definition) is 6. The summed E-state index contributed by atoms with van der Waals surface area (Å²) in [4.78, 5) is 17.6. The molecule has 0 radical (unpaired) electrons. The fraction of sp³-hybridized carbons (Fsp3) is 0.393. The average molecular weight is 486 g/mol. The Kier molecular flexibility index (Phi) is 6.52. The molecule has 1 amide bonds. The maximum absolute atomic E-state index is 13.7. The SMILES string of the molecule is COc1ccc(-n2nc(C#N)c3c2C(=O)N(c2ccc(C4(CCN(C)CCO)CC4)cc2)CC3)cc1. The molecule has 8 heteroatoms. The van der Waals surface area contributed by atoms with Crippen LogP contribution in [0.1, 0.15) is 46.6 Å². The van der Waals surface area contributed by atoms with Gasteiger partial charge in [-0.15, -0.1) is 0 Å². The molecule has 2 aromatic carbocycles. The van der Waals surface area contributed by atoms with E-state index in [0.717, 1.165) is 18.7 Å². The van der Waals surface area contributed by atoms with Crippen molar-refractivity contribution in [2.75, 3.05) is 45.3 Å². The number of aliphatic hydroxyl groups is 1. The molecule has 1 N–H and O–H groups in total. The van der Waals surface area contributed by atoms with Crippen LogP contribution < -0.4 is 9.64 Å². The topological polar surface area (TPSA) is 94.6 Å². The lowest BCUT2D eigenvalue weighted by Gasteiger charge is -2.28. The molecule has 186 valence electrons. The number of likely N-dealkylation sites (N-methyl/N-ethyl adjacent to an activating group) is 1. The summed E-state index contributed by atoms with van der Waals surface area (Å²) in [5, 5.41) is 23.3. The van der Waals surface area contributed by atoms with Gasteiger partial charge in [0.05, 0.1) is 19.4 Å². The summed E-state index contributed by atoms with van der Waals surface area (Å²) < 4.78 is 6.83. The van der Waals surface area contributed by atoms with Crippen LogP contribution >= 0.6 is 0 Å². The van der Waals surface area contributed by atoms with Gasteiger partial charge in [-0.05, 0) is 86.7 Å². The Morgan fingerprint density at radius 3 is 2.42 bits per heavy atom. The van der Waals surface area contributed by atoms with E-state index in [0.29, 0.717) is 47.9 Å². The molecule has 5 rings (SSSR count). The van der Waals surface area contributed by atoms with Gasteiger partial charge in [0.25, 0.3) is 5.91 Å². The quantitative estimate of drug-likeness (QED) is 0.500. The second kappa shape index (κ2) is 9.76. The number of nitriles is 1. The van der Waals surface area contributed by atoms with Crippen LogP contribution in [-0.2, 0) is 11.8 Å². The first-order chi connectivity index (χ1) is 17.5. The van der Waals surface area contributed by atoms with Crippen LogP contribution in [0.25, 0.3) is 5.69 Å². The smallest absolute Gasteiger partial charge is 0.277 e. The third kappa shape index (κ3) is 4.36. The van der Waals surface area contributed by atoms with Crippen LogP contribution in [0.15, 0.2) is 48.5 Å². The fourth-order valence-corrected chi connectivity index (χ4v) is 5.12. The summed E-state index contributed by atoms with van der Waals surface area (Å²) in [6.45, 7) is 2.32. The van der Waals surface area contributed by atoms with Gasteiger partial charge in [-0.2, -0.15) is 10.4 Å². The number of hydrogen-bond donors (Lipinski definition) is 1. The zero-order valence-electron chi connectivity index (χ0n) is 20.8. The van der Waals surface area contributed by atoms with Crippen LogP contribution in [0.5, 0.6) is 5.75 Å².